The Bertz CT molecular complexity index is 236. The van der Waals surface area contributed by atoms with Crippen LogP contribution in [-0.4, -0.2) is 35.2 Å². The van der Waals surface area contributed by atoms with Gasteiger partial charge in [0.2, 0.25) is 0 Å². The molecule has 1 fully saturated rings. The summed E-state index contributed by atoms with van der Waals surface area (Å²) in [7, 11) is 0. The van der Waals surface area contributed by atoms with E-state index in [4.69, 9.17) is 5.26 Å². The van der Waals surface area contributed by atoms with E-state index >= 15 is 0 Å². The minimum absolute atomic E-state index is 0.251. The molecular formula is C12H22N2O. The largest absolute Gasteiger partial charge is 0.388 e. The highest BCUT2D eigenvalue weighted by molar-refractivity contribution is 4.99. The first kappa shape index (κ1) is 12.5. The summed E-state index contributed by atoms with van der Waals surface area (Å²) in [6.07, 6.45) is 1.46. The topological polar surface area (TPSA) is 47.3 Å². The average Bonchev–Trinajstić information content (AvgIpc) is 2.20. The number of hydrogen-bond donors (Lipinski definition) is 1. The molecule has 0 aliphatic carbocycles. The Labute approximate surface area is 92.7 Å². The maximum atomic E-state index is 10.2. The van der Waals surface area contributed by atoms with E-state index in [1.54, 1.807) is 0 Å². The van der Waals surface area contributed by atoms with Gasteiger partial charge in [-0.15, -0.1) is 0 Å². The Morgan fingerprint density at radius 1 is 1.33 bits per heavy atom. The number of nitriles is 1. The van der Waals surface area contributed by atoms with Crippen LogP contribution in [0.2, 0.25) is 0 Å². The van der Waals surface area contributed by atoms with Gasteiger partial charge in [0.15, 0.2) is 0 Å². The van der Waals surface area contributed by atoms with Crippen molar-refractivity contribution in [3.63, 3.8) is 0 Å². The molecule has 3 nitrogen and oxygen atoms in total. The summed E-state index contributed by atoms with van der Waals surface area (Å²) in [6, 6.07) is 2.16. The fourth-order valence-corrected chi connectivity index (χ4v) is 2.19. The highest BCUT2D eigenvalue weighted by Crippen LogP contribution is 2.29. The summed E-state index contributed by atoms with van der Waals surface area (Å²) in [4.78, 5) is 2.38. The Morgan fingerprint density at radius 2 is 1.87 bits per heavy atom. The molecule has 0 amide bonds. The van der Waals surface area contributed by atoms with Gasteiger partial charge in [-0.05, 0) is 25.7 Å². The molecule has 0 bridgehead atoms. The quantitative estimate of drug-likeness (QED) is 0.770. The van der Waals surface area contributed by atoms with Crippen LogP contribution in [0.25, 0.3) is 0 Å². The molecule has 86 valence electrons. The summed E-state index contributed by atoms with van der Waals surface area (Å²) in [6.45, 7) is 9.16. The minimum Gasteiger partial charge on any atom is -0.388 e. The minimum atomic E-state index is -0.748. The molecule has 1 aliphatic heterocycles. The molecule has 1 atom stereocenters. The third kappa shape index (κ3) is 3.19. The van der Waals surface area contributed by atoms with Gasteiger partial charge < -0.3 is 10.0 Å². The van der Waals surface area contributed by atoms with E-state index in [9.17, 15) is 5.11 Å². The molecule has 0 spiro atoms. The van der Waals surface area contributed by atoms with E-state index < -0.39 is 5.60 Å². The monoisotopic (exact) mass is 210 g/mol. The molecule has 1 N–H and O–H groups in total. The van der Waals surface area contributed by atoms with E-state index in [1.165, 1.54) is 0 Å². The molecule has 1 heterocycles. The Morgan fingerprint density at radius 3 is 2.27 bits per heavy atom. The molecule has 1 rings (SSSR count). The molecule has 3 heteroatoms. The summed E-state index contributed by atoms with van der Waals surface area (Å²) >= 11 is 0. The normalized spacial score (nSPS) is 23.7. The summed E-state index contributed by atoms with van der Waals surface area (Å²) in [5.74, 6) is 0.420. The predicted molar refractivity (Wildman–Crippen MR) is 60.2 cm³/mol. The molecule has 0 aromatic heterocycles. The molecule has 15 heavy (non-hydrogen) atoms. The first-order chi connectivity index (χ1) is 6.98. The fourth-order valence-electron chi connectivity index (χ4n) is 2.19. The van der Waals surface area contributed by atoms with Gasteiger partial charge >= 0.3 is 0 Å². The summed E-state index contributed by atoms with van der Waals surface area (Å²) < 4.78 is 0. The number of likely N-dealkylation sites (tertiary alicyclic amines) is 1. The van der Waals surface area contributed by atoms with Crippen LogP contribution < -0.4 is 0 Å². The lowest BCUT2D eigenvalue weighted by molar-refractivity contribution is -0.0476. The molecule has 1 saturated heterocycles. The molecule has 0 radical (unpaired) electrons. The molecule has 0 saturated carbocycles. The van der Waals surface area contributed by atoms with Crippen LogP contribution in [0, 0.1) is 23.2 Å². The van der Waals surface area contributed by atoms with E-state index in [0.29, 0.717) is 5.92 Å². The SMILES string of the molecule is CC(C)CN1CCC(O)(C(C)C#N)CC1. The second-order valence-corrected chi connectivity index (χ2v) is 5.15. The summed E-state index contributed by atoms with van der Waals surface area (Å²) in [5.41, 5.74) is -0.748. The maximum absolute atomic E-state index is 10.2. The lowest BCUT2D eigenvalue weighted by Crippen LogP contribution is -2.48. The van der Waals surface area contributed by atoms with Crippen LogP contribution in [0.1, 0.15) is 33.6 Å². The van der Waals surface area contributed by atoms with Crippen LogP contribution in [0.4, 0.5) is 0 Å². The fraction of sp³-hybridized carbons (Fsp3) is 0.917. The van der Waals surface area contributed by atoms with E-state index in [1.807, 2.05) is 6.92 Å². The van der Waals surface area contributed by atoms with Gasteiger partial charge in [-0.3, -0.25) is 0 Å². The van der Waals surface area contributed by atoms with Crippen molar-refractivity contribution < 1.29 is 5.11 Å². The maximum Gasteiger partial charge on any atom is 0.0826 e. The van der Waals surface area contributed by atoms with Crippen molar-refractivity contribution in [3.05, 3.63) is 0 Å². The van der Waals surface area contributed by atoms with Crippen molar-refractivity contribution in [2.45, 2.75) is 39.2 Å². The smallest absolute Gasteiger partial charge is 0.0826 e. The van der Waals surface area contributed by atoms with Crippen molar-refractivity contribution in [1.82, 2.24) is 4.90 Å². The van der Waals surface area contributed by atoms with Gasteiger partial charge in [0.1, 0.15) is 0 Å². The first-order valence-electron chi connectivity index (χ1n) is 5.82. The van der Waals surface area contributed by atoms with Crippen molar-refractivity contribution in [2.24, 2.45) is 11.8 Å². The molecule has 1 aliphatic rings. The molecular weight excluding hydrogens is 188 g/mol. The van der Waals surface area contributed by atoms with E-state index in [-0.39, 0.29) is 5.92 Å². The first-order valence-corrected chi connectivity index (χ1v) is 5.82. The lowest BCUT2D eigenvalue weighted by atomic mass is 9.81. The van der Waals surface area contributed by atoms with Gasteiger partial charge in [0.25, 0.3) is 0 Å². The predicted octanol–water partition coefficient (Wildman–Crippen LogP) is 1.63. The van der Waals surface area contributed by atoms with Crippen LogP contribution in [0.15, 0.2) is 0 Å². The van der Waals surface area contributed by atoms with Crippen LogP contribution in [0.5, 0.6) is 0 Å². The summed E-state index contributed by atoms with van der Waals surface area (Å²) in [5, 5.41) is 19.1. The standard InChI is InChI=1S/C12H22N2O/c1-10(2)9-14-6-4-12(15,5-7-14)11(3)8-13/h10-11,15H,4-7,9H2,1-3H3. The zero-order valence-electron chi connectivity index (χ0n) is 10.0. The van der Waals surface area contributed by atoms with Gasteiger partial charge in [0.05, 0.1) is 17.6 Å². The zero-order chi connectivity index (χ0) is 11.5. The van der Waals surface area contributed by atoms with Crippen molar-refractivity contribution in [2.75, 3.05) is 19.6 Å². The number of rotatable bonds is 3. The van der Waals surface area contributed by atoms with Crippen LogP contribution >= 0.6 is 0 Å². The number of nitrogens with zero attached hydrogens (tertiary/aromatic N) is 2. The van der Waals surface area contributed by atoms with Crippen molar-refractivity contribution in [1.29, 1.82) is 5.26 Å². The van der Waals surface area contributed by atoms with Gasteiger partial charge in [0, 0.05) is 19.6 Å². The highest BCUT2D eigenvalue weighted by atomic mass is 16.3. The van der Waals surface area contributed by atoms with Crippen molar-refractivity contribution >= 4 is 0 Å². The van der Waals surface area contributed by atoms with Gasteiger partial charge in [-0.1, -0.05) is 13.8 Å². The Hall–Kier alpha value is -0.590. The third-order valence-corrected chi connectivity index (χ3v) is 3.34. The van der Waals surface area contributed by atoms with Gasteiger partial charge in [-0.2, -0.15) is 5.26 Å². The number of hydrogen-bond acceptors (Lipinski definition) is 3. The van der Waals surface area contributed by atoms with Crippen molar-refractivity contribution in [3.8, 4) is 6.07 Å². The van der Waals surface area contributed by atoms with Gasteiger partial charge in [-0.25, -0.2) is 0 Å². The average molecular weight is 210 g/mol. The number of piperidine rings is 1. The second kappa shape index (κ2) is 4.96. The second-order valence-electron chi connectivity index (χ2n) is 5.15. The third-order valence-electron chi connectivity index (χ3n) is 3.34. The molecule has 0 aromatic rings. The Balaban J connectivity index is 2.45. The lowest BCUT2D eigenvalue weighted by Gasteiger charge is -2.40. The van der Waals surface area contributed by atoms with Crippen LogP contribution in [-0.2, 0) is 0 Å². The highest BCUT2D eigenvalue weighted by Gasteiger charge is 2.37. The van der Waals surface area contributed by atoms with Crippen LogP contribution in [0.3, 0.4) is 0 Å². The zero-order valence-corrected chi connectivity index (χ0v) is 10.0. The van der Waals surface area contributed by atoms with E-state index in [0.717, 1.165) is 32.5 Å². The Kier molecular flexibility index (Phi) is 4.12. The molecule has 0 aromatic carbocycles. The number of aliphatic hydroxyl groups is 1. The van der Waals surface area contributed by atoms with E-state index in [2.05, 4.69) is 24.8 Å². The molecule has 1 unspecified atom stereocenters.